The van der Waals surface area contributed by atoms with Gasteiger partial charge in [-0.2, -0.15) is 0 Å². The Bertz CT molecular complexity index is 1000. The summed E-state index contributed by atoms with van der Waals surface area (Å²) in [6, 6.07) is 23.8. The van der Waals surface area contributed by atoms with Crippen LogP contribution in [0.4, 0.5) is 11.4 Å². The van der Waals surface area contributed by atoms with Crippen LogP contribution in [0, 0.1) is 5.92 Å². The number of amides is 2. The van der Waals surface area contributed by atoms with E-state index in [2.05, 4.69) is 24.5 Å². The topological polar surface area (TPSA) is 67.4 Å². The molecule has 0 spiro atoms. The molecule has 0 unspecified atom stereocenters. The van der Waals surface area contributed by atoms with Crippen molar-refractivity contribution in [2.75, 3.05) is 17.2 Å². The van der Waals surface area contributed by atoms with E-state index in [0.717, 1.165) is 5.56 Å². The molecule has 0 aromatic heterocycles. The Kier molecular flexibility index (Phi) is 7.22. The van der Waals surface area contributed by atoms with Crippen LogP contribution >= 0.6 is 0 Å². The lowest BCUT2D eigenvalue weighted by molar-refractivity contribution is -0.115. The van der Waals surface area contributed by atoms with Crippen molar-refractivity contribution in [1.82, 2.24) is 0 Å². The molecule has 0 atom stereocenters. The van der Waals surface area contributed by atoms with E-state index in [1.165, 1.54) is 0 Å². The van der Waals surface area contributed by atoms with Crippen LogP contribution < -0.4 is 15.4 Å². The van der Waals surface area contributed by atoms with Gasteiger partial charge in [-0.05, 0) is 41.8 Å². The zero-order valence-corrected chi connectivity index (χ0v) is 17.2. The van der Waals surface area contributed by atoms with Crippen LogP contribution in [0.25, 0.3) is 0 Å². The molecule has 154 valence electrons. The van der Waals surface area contributed by atoms with Crippen molar-refractivity contribution in [2.45, 2.75) is 20.3 Å². The summed E-state index contributed by atoms with van der Waals surface area (Å²) in [5.74, 6) is 0.535. The zero-order valence-electron chi connectivity index (χ0n) is 17.2. The van der Waals surface area contributed by atoms with Gasteiger partial charge in [-0.1, -0.05) is 62.4 Å². The number of carbonyl (C=O) groups is 2. The van der Waals surface area contributed by atoms with Gasteiger partial charge in [0.05, 0.1) is 18.6 Å². The fourth-order valence-corrected chi connectivity index (χ4v) is 2.90. The van der Waals surface area contributed by atoms with Crippen LogP contribution in [0.15, 0.2) is 78.9 Å². The molecule has 3 rings (SSSR count). The van der Waals surface area contributed by atoms with Crippen molar-refractivity contribution < 1.29 is 14.3 Å². The normalized spacial score (nSPS) is 10.5. The molecule has 5 nitrogen and oxygen atoms in total. The summed E-state index contributed by atoms with van der Waals surface area (Å²) >= 11 is 0. The maximum atomic E-state index is 12.8. The molecule has 0 aliphatic carbocycles. The molecule has 0 aliphatic rings. The third kappa shape index (κ3) is 6.21. The van der Waals surface area contributed by atoms with E-state index < -0.39 is 0 Å². The van der Waals surface area contributed by atoms with Gasteiger partial charge in [-0.15, -0.1) is 0 Å². The van der Waals surface area contributed by atoms with Gasteiger partial charge in [0, 0.05) is 11.4 Å². The zero-order chi connectivity index (χ0) is 21.3. The summed E-state index contributed by atoms with van der Waals surface area (Å²) in [6.45, 7) is 4.65. The molecule has 3 aromatic carbocycles. The van der Waals surface area contributed by atoms with E-state index in [1.807, 2.05) is 36.4 Å². The number of ether oxygens (including phenoxy) is 1. The second-order valence-corrected chi connectivity index (χ2v) is 7.45. The summed E-state index contributed by atoms with van der Waals surface area (Å²) in [6.07, 6.45) is 0.290. The number of hydrogen-bond acceptors (Lipinski definition) is 3. The Labute approximate surface area is 177 Å². The summed E-state index contributed by atoms with van der Waals surface area (Å²) in [4.78, 5) is 25.1. The van der Waals surface area contributed by atoms with Crippen molar-refractivity contribution in [2.24, 2.45) is 5.92 Å². The van der Waals surface area contributed by atoms with Crippen LogP contribution in [-0.4, -0.2) is 18.4 Å². The first kappa shape index (κ1) is 21.1. The average molecular weight is 402 g/mol. The summed E-state index contributed by atoms with van der Waals surface area (Å²) < 4.78 is 5.77. The highest BCUT2D eigenvalue weighted by Crippen LogP contribution is 2.22. The van der Waals surface area contributed by atoms with Crippen LogP contribution in [0.1, 0.15) is 29.8 Å². The van der Waals surface area contributed by atoms with E-state index in [0.29, 0.717) is 35.2 Å². The minimum absolute atomic E-state index is 0.114. The molecule has 0 saturated heterocycles. The molecule has 0 heterocycles. The second kappa shape index (κ2) is 10.3. The number of carbonyl (C=O) groups excluding carboxylic acids is 2. The molecule has 5 heteroatoms. The van der Waals surface area contributed by atoms with E-state index in [4.69, 9.17) is 4.74 Å². The number of anilines is 2. The summed E-state index contributed by atoms with van der Waals surface area (Å²) in [5, 5.41) is 5.75. The molecule has 0 saturated carbocycles. The van der Waals surface area contributed by atoms with Crippen LogP contribution in [0.3, 0.4) is 0 Å². The lowest BCUT2D eigenvalue weighted by Gasteiger charge is -2.13. The number of benzene rings is 3. The molecular weight excluding hydrogens is 376 g/mol. The van der Waals surface area contributed by atoms with Crippen LogP contribution in [0.5, 0.6) is 5.75 Å². The third-order valence-corrected chi connectivity index (χ3v) is 4.32. The highest BCUT2D eigenvalue weighted by atomic mass is 16.5. The number of para-hydroxylation sites is 1. The quantitative estimate of drug-likeness (QED) is 0.547. The van der Waals surface area contributed by atoms with E-state index in [1.54, 1.807) is 42.5 Å². The average Bonchev–Trinajstić information content (AvgIpc) is 2.73. The molecular formula is C25H26N2O3. The van der Waals surface area contributed by atoms with Crippen molar-refractivity contribution >= 4 is 23.2 Å². The Morgan fingerprint density at radius 1 is 0.833 bits per heavy atom. The van der Waals surface area contributed by atoms with Gasteiger partial charge in [-0.3, -0.25) is 9.59 Å². The van der Waals surface area contributed by atoms with Crippen molar-refractivity contribution in [3.63, 3.8) is 0 Å². The lowest BCUT2D eigenvalue weighted by Crippen LogP contribution is -2.16. The molecule has 0 radical (unpaired) electrons. The van der Waals surface area contributed by atoms with Crippen LogP contribution in [-0.2, 0) is 11.2 Å². The Morgan fingerprint density at radius 2 is 1.50 bits per heavy atom. The Morgan fingerprint density at radius 3 is 2.23 bits per heavy atom. The fourth-order valence-electron chi connectivity index (χ4n) is 2.90. The first-order chi connectivity index (χ1) is 14.5. The minimum atomic E-state index is -0.262. The number of nitrogens with one attached hydrogen (secondary N) is 2. The fraction of sp³-hybridized carbons (Fsp3) is 0.200. The lowest BCUT2D eigenvalue weighted by atomic mass is 10.1. The highest BCUT2D eigenvalue weighted by molar-refractivity contribution is 6.06. The number of rotatable bonds is 8. The molecule has 2 N–H and O–H groups in total. The highest BCUT2D eigenvalue weighted by Gasteiger charge is 2.13. The molecule has 0 aliphatic heterocycles. The van der Waals surface area contributed by atoms with Gasteiger partial charge in [0.2, 0.25) is 5.91 Å². The Hall–Kier alpha value is -3.60. The first-order valence-electron chi connectivity index (χ1n) is 9.98. The standard InChI is InChI=1S/C25H26N2O3/c1-18(2)17-30-23-14-7-6-13-22(23)25(29)27-21-12-8-11-20(16-21)26-24(28)15-19-9-4-3-5-10-19/h3-14,16,18H,15,17H2,1-2H3,(H,26,28)(H,27,29). The monoisotopic (exact) mass is 402 g/mol. The van der Waals surface area contributed by atoms with Gasteiger partial charge in [0.1, 0.15) is 5.75 Å². The second-order valence-electron chi connectivity index (χ2n) is 7.45. The predicted octanol–water partition coefficient (Wildman–Crippen LogP) is 5.15. The molecule has 0 bridgehead atoms. The van der Waals surface area contributed by atoms with Crippen molar-refractivity contribution in [1.29, 1.82) is 0 Å². The largest absolute Gasteiger partial charge is 0.492 e. The van der Waals surface area contributed by atoms with Crippen LogP contribution in [0.2, 0.25) is 0 Å². The van der Waals surface area contributed by atoms with E-state index in [-0.39, 0.29) is 18.2 Å². The summed E-state index contributed by atoms with van der Waals surface area (Å²) in [7, 11) is 0. The maximum Gasteiger partial charge on any atom is 0.259 e. The van der Waals surface area contributed by atoms with E-state index in [9.17, 15) is 9.59 Å². The first-order valence-corrected chi connectivity index (χ1v) is 9.98. The molecule has 2 amide bonds. The summed E-state index contributed by atoms with van der Waals surface area (Å²) in [5.41, 5.74) is 2.63. The van der Waals surface area contributed by atoms with Gasteiger partial charge >= 0.3 is 0 Å². The Balaban J connectivity index is 1.65. The third-order valence-electron chi connectivity index (χ3n) is 4.32. The van der Waals surface area contributed by atoms with Gasteiger partial charge < -0.3 is 15.4 Å². The smallest absolute Gasteiger partial charge is 0.259 e. The van der Waals surface area contributed by atoms with E-state index >= 15 is 0 Å². The molecule has 0 fully saturated rings. The SMILES string of the molecule is CC(C)COc1ccccc1C(=O)Nc1cccc(NC(=O)Cc2ccccc2)c1. The van der Waals surface area contributed by atoms with Crippen molar-refractivity contribution in [3.8, 4) is 5.75 Å². The predicted molar refractivity (Wildman–Crippen MR) is 120 cm³/mol. The minimum Gasteiger partial charge on any atom is -0.492 e. The van der Waals surface area contributed by atoms with Gasteiger partial charge in [0.25, 0.3) is 5.91 Å². The van der Waals surface area contributed by atoms with Crippen molar-refractivity contribution in [3.05, 3.63) is 90.0 Å². The van der Waals surface area contributed by atoms with Gasteiger partial charge in [0.15, 0.2) is 0 Å². The maximum absolute atomic E-state index is 12.8. The van der Waals surface area contributed by atoms with Gasteiger partial charge in [-0.25, -0.2) is 0 Å². The number of hydrogen-bond donors (Lipinski definition) is 2. The molecule has 3 aromatic rings. The molecule has 30 heavy (non-hydrogen) atoms.